The van der Waals surface area contributed by atoms with Crippen LogP contribution in [0.25, 0.3) is 0 Å². The molecule has 5 nitrogen and oxygen atoms in total. The van der Waals surface area contributed by atoms with Crippen molar-refractivity contribution in [3.63, 3.8) is 0 Å². The molecule has 1 N–H and O–H groups in total. The second-order valence-corrected chi connectivity index (χ2v) is 4.62. The zero-order valence-corrected chi connectivity index (χ0v) is 12.9. The van der Waals surface area contributed by atoms with Gasteiger partial charge in [-0.25, -0.2) is 4.98 Å². The topological polar surface area (TPSA) is 52.6 Å². The van der Waals surface area contributed by atoms with Gasteiger partial charge in [0.25, 0.3) is 0 Å². The lowest BCUT2D eigenvalue weighted by molar-refractivity contribution is 0.369. The van der Waals surface area contributed by atoms with Crippen molar-refractivity contribution < 1.29 is 14.2 Å². The molecule has 0 saturated heterocycles. The molecule has 0 aliphatic carbocycles. The molecule has 21 heavy (non-hydrogen) atoms. The number of anilines is 1. The minimum absolute atomic E-state index is 0.439. The van der Waals surface area contributed by atoms with Crippen molar-refractivity contribution in [2.75, 3.05) is 26.6 Å². The molecule has 0 bridgehead atoms. The number of aromatic nitrogens is 1. The smallest absolute Gasteiger partial charge is 0.131 e. The standard InChI is InChI=1S/C15H17ClN2O3/c1-19-11-7-13(20-2)12(14(8-11)21-3)9-18-10-4-5-17-15(16)6-10/h4-8H,9H2,1-3H3,(H,17,18). The minimum Gasteiger partial charge on any atom is -0.496 e. The first-order valence-electron chi connectivity index (χ1n) is 6.32. The van der Waals surface area contributed by atoms with Gasteiger partial charge in [0, 0.05) is 30.6 Å². The molecule has 2 rings (SSSR count). The lowest BCUT2D eigenvalue weighted by Gasteiger charge is -2.16. The van der Waals surface area contributed by atoms with Crippen molar-refractivity contribution in [1.82, 2.24) is 4.98 Å². The lowest BCUT2D eigenvalue weighted by atomic mass is 10.1. The van der Waals surface area contributed by atoms with Crippen LogP contribution in [0.2, 0.25) is 5.15 Å². The van der Waals surface area contributed by atoms with E-state index in [0.717, 1.165) is 11.3 Å². The van der Waals surface area contributed by atoms with Crippen molar-refractivity contribution in [3.05, 3.63) is 41.2 Å². The molecule has 0 aliphatic rings. The summed E-state index contributed by atoms with van der Waals surface area (Å²) < 4.78 is 16.0. The Labute approximate surface area is 128 Å². The summed E-state index contributed by atoms with van der Waals surface area (Å²) in [5.74, 6) is 2.07. The Balaban J connectivity index is 2.26. The van der Waals surface area contributed by atoms with Gasteiger partial charge in [0.05, 0.1) is 26.9 Å². The van der Waals surface area contributed by atoms with E-state index in [9.17, 15) is 0 Å². The molecule has 1 heterocycles. The number of halogens is 1. The van der Waals surface area contributed by atoms with Crippen molar-refractivity contribution >= 4 is 17.3 Å². The zero-order valence-electron chi connectivity index (χ0n) is 12.1. The maximum Gasteiger partial charge on any atom is 0.131 e. The molecule has 0 saturated carbocycles. The first-order valence-corrected chi connectivity index (χ1v) is 6.70. The van der Waals surface area contributed by atoms with E-state index in [1.165, 1.54) is 0 Å². The van der Waals surface area contributed by atoms with E-state index >= 15 is 0 Å². The Kier molecular flexibility index (Phi) is 5.11. The Bertz CT molecular complexity index is 595. The molecule has 6 heteroatoms. The average molecular weight is 309 g/mol. The Morgan fingerprint density at radius 3 is 2.24 bits per heavy atom. The predicted octanol–water partition coefficient (Wildman–Crippen LogP) is 3.37. The van der Waals surface area contributed by atoms with Gasteiger partial charge in [-0.1, -0.05) is 11.6 Å². The largest absolute Gasteiger partial charge is 0.496 e. The summed E-state index contributed by atoms with van der Waals surface area (Å²) in [5, 5.41) is 3.70. The van der Waals surface area contributed by atoms with E-state index in [2.05, 4.69) is 10.3 Å². The Morgan fingerprint density at radius 1 is 1.05 bits per heavy atom. The Morgan fingerprint density at radius 2 is 1.71 bits per heavy atom. The monoisotopic (exact) mass is 308 g/mol. The van der Waals surface area contributed by atoms with Crippen LogP contribution in [-0.2, 0) is 6.54 Å². The third-order valence-corrected chi connectivity index (χ3v) is 3.22. The number of methoxy groups -OCH3 is 3. The third-order valence-electron chi connectivity index (χ3n) is 3.01. The summed E-state index contributed by atoms with van der Waals surface area (Å²) in [7, 11) is 4.83. The number of nitrogens with one attached hydrogen (secondary N) is 1. The highest BCUT2D eigenvalue weighted by Crippen LogP contribution is 2.34. The van der Waals surface area contributed by atoms with Gasteiger partial charge in [0.1, 0.15) is 22.4 Å². The van der Waals surface area contributed by atoms with Crippen LogP contribution >= 0.6 is 11.6 Å². The average Bonchev–Trinajstić information content (AvgIpc) is 2.52. The van der Waals surface area contributed by atoms with Gasteiger partial charge in [-0.2, -0.15) is 0 Å². The van der Waals surface area contributed by atoms with E-state index in [-0.39, 0.29) is 0 Å². The van der Waals surface area contributed by atoms with Crippen LogP contribution in [0.3, 0.4) is 0 Å². The molecule has 0 fully saturated rings. The fraction of sp³-hybridized carbons (Fsp3) is 0.267. The summed E-state index contributed by atoms with van der Waals surface area (Å²) in [5.41, 5.74) is 1.77. The molecule has 1 aromatic carbocycles. The van der Waals surface area contributed by atoms with Crippen LogP contribution in [-0.4, -0.2) is 26.3 Å². The predicted molar refractivity (Wildman–Crippen MR) is 82.7 cm³/mol. The van der Waals surface area contributed by atoms with Gasteiger partial charge < -0.3 is 19.5 Å². The van der Waals surface area contributed by atoms with Crippen LogP contribution in [0.1, 0.15) is 5.56 Å². The maximum atomic E-state index is 5.87. The summed E-state index contributed by atoms with van der Waals surface area (Å²) in [6, 6.07) is 7.23. The van der Waals surface area contributed by atoms with Crippen molar-refractivity contribution in [3.8, 4) is 17.2 Å². The number of hydrogen-bond donors (Lipinski definition) is 1. The summed E-state index contributed by atoms with van der Waals surface area (Å²) in [4.78, 5) is 3.94. The molecule has 112 valence electrons. The molecule has 0 radical (unpaired) electrons. The molecule has 0 atom stereocenters. The molecule has 0 amide bonds. The molecule has 2 aromatic rings. The highest BCUT2D eigenvalue weighted by Gasteiger charge is 2.13. The van der Waals surface area contributed by atoms with Crippen LogP contribution in [0.15, 0.2) is 30.5 Å². The summed E-state index contributed by atoms with van der Waals surface area (Å²) in [6.07, 6.45) is 1.65. The molecular formula is C15H17ClN2O3. The highest BCUT2D eigenvalue weighted by molar-refractivity contribution is 6.29. The SMILES string of the molecule is COc1cc(OC)c(CNc2ccnc(Cl)c2)c(OC)c1. The minimum atomic E-state index is 0.439. The Hall–Kier alpha value is -2.14. The second kappa shape index (κ2) is 7.04. The normalized spacial score (nSPS) is 10.1. The summed E-state index contributed by atoms with van der Waals surface area (Å²) >= 11 is 5.87. The van der Waals surface area contributed by atoms with Gasteiger partial charge in [0.2, 0.25) is 0 Å². The first kappa shape index (κ1) is 15.3. The van der Waals surface area contributed by atoms with Crippen molar-refractivity contribution in [1.29, 1.82) is 0 Å². The maximum absolute atomic E-state index is 5.87. The molecule has 0 aliphatic heterocycles. The number of rotatable bonds is 6. The van der Waals surface area contributed by atoms with Gasteiger partial charge in [-0.05, 0) is 12.1 Å². The molecular weight excluding hydrogens is 292 g/mol. The lowest BCUT2D eigenvalue weighted by Crippen LogP contribution is -2.05. The van der Waals surface area contributed by atoms with Crippen molar-refractivity contribution in [2.45, 2.75) is 6.54 Å². The number of nitrogens with zero attached hydrogens (tertiary/aromatic N) is 1. The third kappa shape index (κ3) is 3.70. The van der Waals surface area contributed by atoms with E-state index in [4.69, 9.17) is 25.8 Å². The van der Waals surface area contributed by atoms with Gasteiger partial charge in [-0.3, -0.25) is 0 Å². The van der Waals surface area contributed by atoms with Crippen LogP contribution in [0.5, 0.6) is 17.2 Å². The van der Waals surface area contributed by atoms with E-state index in [1.807, 2.05) is 18.2 Å². The summed E-state index contributed by atoms with van der Waals surface area (Å²) in [6.45, 7) is 0.524. The van der Waals surface area contributed by atoms with Crippen molar-refractivity contribution in [2.24, 2.45) is 0 Å². The quantitative estimate of drug-likeness (QED) is 0.829. The molecule has 0 unspecified atom stereocenters. The number of benzene rings is 1. The van der Waals surface area contributed by atoms with E-state index in [1.54, 1.807) is 33.6 Å². The fourth-order valence-corrected chi connectivity index (χ4v) is 2.13. The number of pyridine rings is 1. The van der Waals surface area contributed by atoms with Crippen LogP contribution < -0.4 is 19.5 Å². The van der Waals surface area contributed by atoms with Gasteiger partial charge in [0.15, 0.2) is 0 Å². The fourth-order valence-electron chi connectivity index (χ4n) is 1.95. The highest BCUT2D eigenvalue weighted by atomic mass is 35.5. The number of hydrogen-bond acceptors (Lipinski definition) is 5. The zero-order chi connectivity index (χ0) is 15.2. The van der Waals surface area contributed by atoms with E-state index in [0.29, 0.717) is 28.9 Å². The second-order valence-electron chi connectivity index (χ2n) is 4.23. The molecule has 0 spiro atoms. The van der Waals surface area contributed by atoms with Crippen LogP contribution in [0.4, 0.5) is 5.69 Å². The van der Waals surface area contributed by atoms with Gasteiger partial charge >= 0.3 is 0 Å². The van der Waals surface area contributed by atoms with Gasteiger partial charge in [-0.15, -0.1) is 0 Å². The first-order chi connectivity index (χ1) is 10.2. The van der Waals surface area contributed by atoms with Crippen LogP contribution in [0, 0.1) is 0 Å². The molecule has 1 aromatic heterocycles. The van der Waals surface area contributed by atoms with E-state index < -0.39 is 0 Å². The number of ether oxygens (including phenoxy) is 3.